The molecule has 5 nitrogen and oxygen atoms in total. The molecule has 0 atom stereocenters. The molecule has 0 saturated carbocycles. The van der Waals surface area contributed by atoms with Gasteiger partial charge in [0.25, 0.3) is 0 Å². The van der Waals surface area contributed by atoms with Crippen molar-refractivity contribution in [2.24, 2.45) is 0 Å². The van der Waals surface area contributed by atoms with Gasteiger partial charge in [-0.3, -0.25) is 9.59 Å². The van der Waals surface area contributed by atoms with Gasteiger partial charge in [0.05, 0.1) is 21.3 Å². The van der Waals surface area contributed by atoms with Crippen molar-refractivity contribution >= 4 is 23.5 Å². The molecule has 1 aromatic carbocycles. The third kappa shape index (κ3) is 3.22. The van der Waals surface area contributed by atoms with E-state index in [1.807, 2.05) is 6.92 Å². The highest BCUT2D eigenvalue weighted by Crippen LogP contribution is 2.35. The van der Waals surface area contributed by atoms with Crippen molar-refractivity contribution in [3.8, 4) is 5.75 Å². The van der Waals surface area contributed by atoms with Crippen molar-refractivity contribution in [3.05, 3.63) is 28.3 Å². The molecule has 0 unspecified atom stereocenters. The van der Waals surface area contributed by atoms with Gasteiger partial charge in [0.15, 0.2) is 5.92 Å². The molecule has 1 aromatic rings. The Bertz CT molecular complexity index is 471. The Morgan fingerprint density at radius 3 is 2.10 bits per heavy atom. The Labute approximate surface area is 122 Å². The smallest absolute Gasteiger partial charge is 0.324 e. The highest BCUT2D eigenvalue weighted by molar-refractivity contribution is 6.30. The Kier molecular flexibility index (Phi) is 5.82. The number of methoxy groups -OCH3 is 3. The fraction of sp³-hybridized carbons (Fsp3) is 0.429. The molecule has 0 aromatic heterocycles. The minimum Gasteiger partial charge on any atom is -0.496 e. The van der Waals surface area contributed by atoms with E-state index in [4.69, 9.17) is 25.8 Å². The average Bonchev–Trinajstić information content (AvgIpc) is 2.47. The molecule has 0 radical (unpaired) electrons. The number of hydrogen-bond donors (Lipinski definition) is 0. The van der Waals surface area contributed by atoms with Gasteiger partial charge in [0, 0.05) is 10.6 Å². The first-order valence-corrected chi connectivity index (χ1v) is 6.39. The molecule has 0 saturated heterocycles. The van der Waals surface area contributed by atoms with E-state index in [0.717, 1.165) is 5.56 Å². The molecule has 0 aliphatic heterocycles. The van der Waals surface area contributed by atoms with Crippen LogP contribution in [0.25, 0.3) is 0 Å². The van der Waals surface area contributed by atoms with E-state index in [-0.39, 0.29) is 0 Å². The number of carbonyl (C=O) groups excluding carboxylic acids is 2. The number of halogens is 1. The highest BCUT2D eigenvalue weighted by Gasteiger charge is 2.35. The predicted molar refractivity (Wildman–Crippen MR) is 74.2 cm³/mol. The lowest BCUT2D eigenvalue weighted by Crippen LogP contribution is -2.26. The Morgan fingerprint density at radius 1 is 1.15 bits per heavy atom. The summed E-state index contributed by atoms with van der Waals surface area (Å²) in [6.45, 7) is 1.89. The van der Waals surface area contributed by atoms with Crippen molar-refractivity contribution in [3.63, 3.8) is 0 Å². The molecule has 0 bridgehead atoms. The van der Waals surface area contributed by atoms with Crippen molar-refractivity contribution in [1.82, 2.24) is 0 Å². The maximum absolute atomic E-state index is 11.9. The van der Waals surface area contributed by atoms with E-state index in [9.17, 15) is 9.59 Å². The molecule has 0 heterocycles. The zero-order valence-electron chi connectivity index (χ0n) is 11.9. The third-order valence-electron chi connectivity index (χ3n) is 2.96. The van der Waals surface area contributed by atoms with Gasteiger partial charge in [-0.25, -0.2) is 0 Å². The second-order valence-electron chi connectivity index (χ2n) is 4.01. The lowest BCUT2D eigenvalue weighted by molar-refractivity contribution is -0.154. The molecule has 20 heavy (non-hydrogen) atoms. The summed E-state index contributed by atoms with van der Waals surface area (Å²) in [5, 5.41) is 0.468. The predicted octanol–water partition coefficient (Wildman–Crippen LogP) is 2.34. The lowest BCUT2D eigenvalue weighted by atomic mass is 9.91. The SMILES string of the molecule is CCc1cc(Cl)cc(OC)c1C(C(=O)OC)C(=O)OC. The molecular weight excluding hydrogens is 284 g/mol. The number of carbonyl (C=O) groups is 2. The summed E-state index contributed by atoms with van der Waals surface area (Å²) in [7, 11) is 3.87. The summed E-state index contributed by atoms with van der Waals surface area (Å²) in [4.78, 5) is 23.8. The molecule has 0 spiro atoms. The number of esters is 2. The summed E-state index contributed by atoms with van der Waals surface area (Å²) < 4.78 is 14.6. The normalized spacial score (nSPS) is 10.3. The molecule has 0 aliphatic carbocycles. The van der Waals surface area contributed by atoms with Gasteiger partial charge >= 0.3 is 11.9 Å². The maximum atomic E-state index is 11.9. The largest absolute Gasteiger partial charge is 0.496 e. The highest BCUT2D eigenvalue weighted by atomic mass is 35.5. The first kappa shape index (κ1) is 16.3. The van der Waals surface area contributed by atoms with Gasteiger partial charge in [0.1, 0.15) is 5.75 Å². The minimum absolute atomic E-state index is 0.357. The number of hydrogen-bond acceptors (Lipinski definition) is 5. The van der Waals surface area contributed by atoms with Crippen molar-refractivity contribution in [2.45, 2.75) is 19.3 Å². The zero-order valence-corrected chi connectivity index (χ0v) is 12.6. The van der Waals surface area contributed by atoms with Gasteiger partial charge in [-0.05, 0) is 24.1 Å². The Hall–Kier alpha value is -1.75. The summed E-state index contributed by atoms with van der Waals surface area (Å²) in [6, 6.07) is 3.24. The first-order valence-electron chi connectivity index (χ1n) is 6.02. The van der Waals surface area contributed by atoms with Crippen LogP contribution in [0.15, 0.2) is 12.1 Å². The van der Waals surface area contributed by atoms with Crippen LogP contribution in [0.4, 0.5) is 0 Å². The summed E-state index contributed by atoms with van der Waals surface area (Å²) in [5.41, 5.74) is 1.16. The van der Waals surface area contributed by atoms with Gasteiger partial charge in [0.2, 0.25) is 0 Å². The minimum atomic E-state index is -1.19. The topological polar surface area (TPSA) is 61.8 Å². The third-order valence-corrected chi connectivity index (χ3v) is 3.17. The number of rotatable bonds is 5. The van der Waals surface area contributed by atoms with Crippen LogP contribution in [-0.4, -0.2) is 33.3 Å². The van der Waals surface area contributed by atoms with E-state index >= 15 is 0 Å². The number of benzene rings is 1. The van der Waals surface area contributed by atoms with Crippen LogP contribution < -0.4 is 4.74 Å². The monoisotopic (exact) mass is 300 g/mol. The van der Waals surface area contributed by atoms with Crippen molar-refractivity contribution < 1.29 is 23.8 Å². The maximum Gasteiger partial charge on any atom is 0.324 e. The van der Waals surface area contributed by atoms with Gasteiger partial charge in [-0.1, -0.05) is 18.5 Å². The standard InChI is InChI=1S/C14H17ClO5/c1-5-8-6-9(15)7-10(18-2)11(8)12(13(16)19-3)14(17)20-4/h6-7,12H,5H2,1-4H3. The second-order valence-corrected chi connectivity index (χ2v) is 4.45. The van der Waals surface area contributed by atoms with E-state index in [1.54, 1.807) is 12.1 Å². The summed E-state index contributed by atoms with van der Waals surface area (Å²) in [6.07, 6.45) is 0.580. The quantitative estimate of drug-likeness (QED) is 0.617. The van der Waals surface area contributed by atoms with Crippen LogP contribution in [0.1, 0.15) is 24.0 Å². The van der Waals surface area contributed by atoms with Gasteiger partial charge in [-0.15, -0.1) is 0 Å². The Balaban J connectivity index is 3.53. The molecule has 1 rings (SSSR count). The first-order chi connectivity index (χ1) is 9.49. The van der Waals surface area contributed by atoms with Crippen LogP contribution in [0, 0.1) is 0 Å². The Morgan fingerprint density at radius 2 is 1.70 bits per heavy atom. The molecule has 0 amide bonds. The van der Waals surface area contributed by atoms with E-state index in [2.05, 4.69) is 0 Å². The summed E-state index contributed by atoms with van der Waals surface area (Å²) >= 11 is 6.00. The summed E-state index contributed by atoms with van der Waals surface area (Å²) in [5.74, 6) is -2.23. The molecule has 0 N–H and O–H groups in total. The fourth-order valence-electron chi connectivity index (χ4n) is 2.00. The number of aryl methyl sites for hydroxylation is 1. The van der Waals surface area contributed by atoms with Gasteiger partial charge in [-0.2, -0.15) is 0 Å². The van der Waals surface area contributed by atoms with Crippen LogP contribution in [0.2, 0.25) is 5.02 Å². The van der Waals surface area contributed by atoms with Crippen molar-refractivity contribution in [1.29, 1.82) is 0 Å². The molecule has 0 aliphatic rings. The molecule has 110 valence electrons. The molecular formula is C14H17ClO5. The lowest BCUT2D eigenvalue weighted by Gasteiger charge is -2.19. The molecule has 6 heteroatoms. The van der Waals surface area contributed by atoms with Gasteiger partial charge < -0.3 is 14.2 Å². The van der Waals surface area contributed by atoms with Crippen LogP contribution in [0.3, 0.4) is 0 Å². The average molecular weight is 301 g/mol. The molecule has 0 fully saturated rings. The van der Waals surface area contributed by atoms with E-state index < -0.39 is 17.9 Å². The second kappa shape index (κ2) is 7.14. The van der Waals surface area contributed by atoms with Crippen molar-refractivity contribution in [2.75, 3.05) is 21.3 Å². The van der Waals surface area contributed by atoms with Crippen LogP contribution in [-0.2, 0) is 25.5 Å². The fourth-order valence-corrected chi connectivity index (χ4v) is 2.23. The van der Waals surface area contributed by atoms with E-state index in [1.165, 1.54) is 21.3 Å². The zero-order chi connectivity index (χ0) is 15.3. The number of ether oxygens (including phenoxy) is 3. The van der Waals surface area contributed by atoms with E-state index in [0.29, 0.717) is 22.8 Å². The van der Waals surface area contributed by atoms with Crippen LogP contribution >= 0.6 is 11.6 Å². The van der Waals surface area contributed by atoms with Crippen LogP contribution in [0.5, 0.6) is 5.75 Å².